The summed E-state index contributed by atoms with van der Waals surface area (Å²) in [5, 5.41) is 17.0. The molecule has 1 aliphatic heterocycles. The van der Waals surface area contributed by atoms with Gasteiger partial charge in [-0.1, -0.05) is 25.3 Å². The second kappa shape index (κ2) is 12.6. The van der Waals surface area contributed by atoms with E-state index < -0.39 is 0 Å². The molecule has 7 nitrogen and oxygen atoms in total. The molecule has 3 N–H and O–H groups in total. The normalized spacial score (nSPS) is 19.6. The summed E-state index contributed by atoms with van der Waals surface area (Å²) in [4.78, 5) is 7.37. The van der Waals surface area contributed by atoms with Crippen LogP contribution in [-0.4, -0.2) is 68.0 Å². The summed E-state index contributed by atoms with van der Waals surface area (Å²) in [6, 6.07) is 5.42. The summed E-state index contributed by atoms with van der Waals surface area (Å²) in [5.41, 5.74) is 1.14. The standard InChI is InChI=1S/C22H36N4O3.HI/c1-3-23-21(24-16-18-7-8-20(28-2)19(27)15-18)25-17-22(9-5-4-6-10-22)26-11-13-29-14-12-26;/h7-8,15,27H,3-6,9-14,16-17H2,1-2H3,(H2,23,24,25);1H. The minimum absolute atomic E-state index is 0. The molecule has 1 aromatic rings. The Morgan fingerprint density at radius 2 is 1.93 bits per heavy atom. The van der Waals surface area contributed by atoms with Crippen LogP contribution in [-0.2, 0) is 11.3 Å². The van der Waals surface area contributed by atoms with Gasteiger partial charge in [0.05, 0.1) is 26.9 Å². The lowest BCUT2D eigenvalue weighted by molar-refractivity contribution is -0.0352. The lowest BCUT2D eigenvalue weighted by Crippen LogP contribution is -2.60. The fraction of sp³-hybridized carbons (Fsp3) is 0.682. The molecule has 0 unspecified atom stereocenters. The topological polar surface area (TPSA) is 78.4 Å². The van der Waals surface area contributed by atoms with Crippen molar-refractivity contribution in [2.75, 3.05) is 46.5 Å². The first-order valence-electron chi connectivity index (χ1n) is 10.9. The van der Waals surface area contributed by atoms with Crippen LogP contribution in [0.3, 0.4) is 0 Å². The zero-order valence-corrected chi connectivity index (χ0v) is 20.6. The molecule has 30 heavy (non-hydrogen) atoms. The predicted molar refractivity (Wildman–Crippen MR) is 131 cm³/mol. The fourth-order valence-electron chi connectivity index (χ4n) is 4.45. The Bertz CT molecular complexity index is 674. The Hall–Kier alpha value is -1.26. The minimum Gasteiger partial charge on any atom is -0.504 e. The van der Waals surface area contributed by atoms with Crippen molar-refractivity contribution in [2.45, 2.75) is 51.1 Å². The van der Waals surface area contributed by atoms with Crippen molar-refractivity contribution in [3.05, 3.63) is 23.8 Å². The van der Waals surface area contributed by atoms with Crippen molar-refractivity contribution in [3.63, 3.8) is 0 Å². The van der Waals surface area contributed by atoms with Gasteiger partial charge in [0, 0.05) is 31.7 Å². The highest BCUT2D eigenvalue weighted by molar-refractivity contribution is 14.0. The number of hydrogen-bond acceptors (Lipinski definition) is 5. The van der Waals surface area contributed by atoms with Crippen molar-refractivity contribution in [3.8, 4) is 11.5 Å². The molecule has 1 saturated carbocycles. The molecule has 0 amide bonds. The molecule has 3 rings (SSSR count). The summed E-state index contributed by atoms with van der Waals surface area (Å²) in [7, 11) is 1.55. The highest BCUT2D eigenvalue weighted by Crippen LogP contribution is 2.34. The SMILES string of the molecule is CCNC(=NCc1ccc(OC)c(O)c1)NCC1(N2CCOCC2)CCCCC1.I. The zero-order valence-electron chi connectivity index (χ0n) is 18.3. The molecule has 0 aromatic heterocycles. The number of aromatic hydroxyl groups is 1. The quantitative estimate of drug-likeness (QED) is 0.285. The molecule has 0 atom stereocenters. The van der Waals surface area contributed by atoms with Gasteiger partial charge in [0.15, 0.2) is 17.5 Å². The van der Waals surface area contributed by atoms with Gasteiger partial charge in [0.1, 0.15) is 0 Å². The van der Waals surface area contributed by atoms with E-state index in [0.29, 0.717) is 12.3 Å². The molecular weight excluding hydrogens is 495 g/mol. The maximum absolute atomic E-state index is 9.99. The number of halogens is 1. The van der Waals surface area contributed by atoms with E-state index in [4.69, 9.17) is 14.5 Å². The van der Waals surface area contributed by atoms with Crippen LogP contribution in [0.15, 0.2) is 23.2 Å². The van der Waals surface area contributed by atoms with Crippen LogP contribution in [0.1, 0.15) is 44.6 Å². The molecule has 0 bridgehead atoms. The summed E-state index contributed by atoms with van der Waals surface area (Å²) < 4.78 is 10.7. The zero-order chi connectivity index (χ0) is 20.5. The molecule has 1 saturated heterocycles. The smallest absolute Gasteiger partial charge is 0.191 e. The summed E-state index contributed by atoms with van der Waals surface area (Å²) in [6.07, 6.45) is 6.37. The van der Waals surface area contributed by atoms with E-state index in [1.807, 2.05) is 6.07 Å². The van der Waals surface area contributed by atoms with Crippen molar-refractivity contribution in [2.24, 2.45) is 4.99 Å². The number of morpholine rings is 1. The average molecular weight is 532 g/mol. The lowest BCUT2D eigenvalue weighted by Gasteiger charge is -2.48. The number of nitrogens with zero attached hydrogens (tertiary/aromatic N) is 2. The molecule has 1 heterocycles. The van der Waals surface area contributed by atoms with Gasteiger partial charge in [-0.2, -0.15) is 0 Å². The average Bonchev–Trinajstić information content (AvgIpc) is 2.77. The van der Waals surface area contributed by atoms with Crippen LogP contribution in [0, 0.1) is 0 Å². The molecule has 0 spiro atoms. The Morgan fingerprint density at radius 3 is 2.57 bits per heavy atom. The number of hydrogen-bond donors (Lipinski definition) is 3. The molecule has 0 radical (unpaired) electrons. The third kappa shape index (κ3) is 6.62. The molecule has 8 heteroatoms. The van der Waals surface area contributed by atoms with E-state index in [0.717, 1.165) is 50.9 Å². The third-order valence-corrected chi connectivity index (χ3v) is 6.06. The molecule has 2 fully saturated rings. The number of guanidine groups is 1. The van der Waals surface area contributed by atoms with Gasteiger partial charge >= 0.3 is 0 Å². The van der Waals surface area contributed by atoms with E-state index >= 15 is 0 Å². The second-order valence-corrected chi connectivity index (χ2v) is 7.94. The van der Waals surface area contributed by atoms with Crippen LogP contribution in [0.5, 0.6) is 11.5 Å². The van der Waals surface area contributed by atoms with Crippen LogP contribution in [0.4, 0.5) is 0 Å². The summed E-state index contributed by atoms with van der Waals surface area (Å²) in [6.45, 7) is 7.97. The van der Waals surface area contributed by atoms with E-state index in [9.17, 15) is 5.11 Å². The van der Waals surface area contributed by atoms with Crippen LogP contribution >= 0.6 is 24.0 Å². The largest absolute Gasteiger partial charge is 0.504 e. The number of benzene rings is 1. The van der Waals surface area contributed by atoms with E-state index in [-0.39, 0.29) is 35.3 Å². The van der Waals surface area contributed by atoms with Gasteiger partial charge in [-0.05, 0) is 37.5 Å². The van der Waals surface area contributed by atoms with Crippen LogP contribution < -0.4 is 15.4 Å². The molecule has 1 aliphatic carbocycles. The highest BCUT2D eigenvalue weighted by atomic mass is 127. The van der Waals surface area contributed by atoms with Crippen molar-refractivity contribution < 1.29 is 14.6 Å². The molecule has 170 valence electrons. The van der Waals surface area contributed by atoms with Crippen molar-refractivity contribution >= 4 is 29.9 Å². The molecule has 1 aromatic carbocycles. The summed E-state index contributed by atoms with van der Waals surface area (Å²) >= 11 is 0. The van der Waals surface area contributed by atoms with E-state index in [2.05, 4.69) is 22.5 Å². The number of phenolic OH excluding ortho intramolecular Hbond substituents is 1. The number of ether oxygens (including phenoxy) is 2. The Balaban J connectivity index is 0.00000320. The van der Waals surface area contributed by atoms with Gasteiger partial charge in [-0.15, -0.1) is 24.0 Å². The Morgan fingerprint density at radius 1 is 1.20 bits per heavy atom. The molecule has 2 aliphatic rings. The number of methoxy groups -OCH3 is 1. The first-order chi connectivity index (χ1) is 14.2. The predicted octanol–water partition coefficient (Wildman–Crippen LogP) is 3.11. The maximum Gasteiger partial charge on any atom is 0.191 e. The second-order valence-electron chi connectivity index (χ2n) is 7.94. The Labute approximate surface area is 197 Å². The fourth-order valence-corrected chi connectivity index (χ4v) is 4.45. The van der Waals surface area contributed by atoms with E-state index in [1.165, 1.54) is 32.1 Å². The van der Waals surface area contributed by atoms with Gasteiger partial charge in [-0.25, -0.2) is 4.99 Å². The van der Waals surface area contributed by atoms with Crippen LogP contribution in [0.2, 0.25) is 0 Å². The lowest BCUT2D eigenvalue weighted by atomic mass is 9.80. The monoisotopic (exact) mass is 532 g/mol. The Kier molecular flexibility index (Phi) is 10.5. The third-order valence-electron chi connectivity index (χ3n) is 6.06. The number of aliphatic imine (C=N–C) groups is 1. The number of rotatable bonds is 7. The van der Waals surface area contributed by atoms with Crippen LogP contribution in [0.25, 0.3) is 0 Å². The number of phenols is 1. The highest BCUT2D eigenvalue weighted by Gasteiger charge is 2.38. The van der Waals surface area contributed by atoms with Crippen molar-refractivity contribution in [1.82, 2.24) is 15.5 Å². The van der Waals surface area contributed by atoms with Gasteiger partial charge in [-0.3, -0.25) is 4.90 Å². The van der Waals surface area contributed by atoms with Gasteiger partial charge in [0.2, 0.25) is 0 Å². The maximum atomic E-state index is 9.99. The first-order valence-corrected chi connectivity index (χ1v) is 10.9. The van der Waals surface area contributed by atoms with Crippen molar-refractivity contribution in [1.29, 1.82) is 0 Å². The first kappa shape index (κ1) is 25.0. The van der Waals surface area contributed by atoms with E-state index in [1.54, 1.807) is 19.2 Å². The number of nitrogens with one attached hydrogen (secondary N) is 2. The minimum atomic E-state index is 0. The van der Waals surface area contributed by atoms with Gasteiger partial charge in [0.25, 0.3) is 0 Å². The van der Waals surface area contributed by atoms with Gasteiger partial charge < -0.3 is 25.2 Å². The summed E-state index contributed by atoms with van der Waals surface area (Å²) in [5.74, 6) is 1.44. The molecular formula is C22H37IN4O3.